The molecule has 0 aliphatic rings. The first-order valence-electron chi connectivity index (χ1n) is 2.87. The van der Waals surface area contributed by atoms with Crippen molar-refractivity contribution in [3.05, 3.63) is 17.8 Å². The number of nitrogens with zero attached hydrogens (tertiary/aromatic N) is 1. The highest BCUT2D eigenvalue weighted by molar-refractivity contribution is 4.94. The Morgan fingerprint density at radius 1 is 1.56 bits per heavy atom. The van der Waals surface area contributed by atoms with E-state index in [0.29, 0.717) is 5.69 Å². The van der Waals surface area contributed by atoms with Crippen LogP contribution in [0.25, 0.3) is 0 Å². The maximum Gasteiger partial charge on any atom is 0.185 e. The summed E-state index contributed by atoms with van der Waals surface area (Å²) in [6.45, 7) is 5.54. The van der Waals surface area contributed by atoms with Crippen molar-refractivity contribution in [3.63, 3.8) is 0 Å². The lowest BCUT2D eigenvalue weighted by Gasteiger charge is -1.69. The largest absolute Gasteiger partial charge is 0.361 e. The summed E-state index contributed by atoms with van der Waals surface area (Å²) in [6.07, 6.45) is 0.968. The van der Waals surface area contributed by atoms with E-state index in [1.807, 2.05) is 13.8 Å². The van der Waals surface area contributed by atoms with Gasteiger partial charge in [-0.3, -0.25) is 0 Å². The van der Waals surface area contributed by atoms with E-state index >= 15 is 0 Å². The fourth-order valence-electron chi connectivity index (χ4n) is 0.281. The second kappa shape index (κ2) is 4.06. The lowest BCUT2D eigenvalue weighted by molar-refractivity contribution is 0.410. The first-order chi connectivity index (χ1) is 4.30. The molecule has 0 saturated carbocycles. The quantitative estimate of drug-likeness (QED) is 0.539. The second-order valence-electron chi connectivity index (χ2n) is 1.25. The van der Waals surface area contributed by atoms with Gasteiger partial charge in [0.25, 0.3) is 0 Å². The third-order valence-electron chi connectivity index (χ3n) is 0.691. The number of aryl methyl sites for hydroxylation is 1. The molecule has 0 aliphatic heterocycles. The Balaban J connectivity index is 0.000000291. The monoisotopic (exact) mass is 131 g/mol. The summed E-state index contributed by atoms with van der Waals surface area (Å²) in [5.74, 6) is -0.389. The van der Waals surface area contributed by atoms with E-state index in [1.165, 1.54) is 0 Å². The summed E-state index contributed by atoms with van der Waals surface area (Å²) in [5.41, 5.74) is 0.306. The van der Waals surface area contributed by atoms with E-state index in [4.69, 9.17) is 0 Å². The molecule has 0 unspecified atom stereocenters. The van der Waals surface area contributed by atoms with Crippen LogP contribution in [-0.4, -0.2) is 5.16 Å². The van der Waals surface area contributed by atoms with Crippen molar-refractivity contribution >= 4 is 0 Å². The van der Waals surface area contributed by atoms with Crippen LogP contribution in [0.2, 0.25) is 0 Å². The molecule has 0 atom stereocenters. The van der Waals surface area contributed by atoms with Gasteiger partial charge in [0.05, 0.1) is 0 Å². The molecule has 0 N–H and O–H groups in total. The highest BCUT2D eigenvalue weighted by atomic mass is 19.1. The van der Waals surface area contributed by atoms with Gasteiger partial charge in [0.2, 0.25) is 0 Å². The average molecular weight is 131 g/mol. The molecule has 0 aliphatic carbocycles. The van der Waals surface area contributed by atoms with E-state index in [1.54, 1.807) is 6.92 Å². The third kappa shape index (κ3) is 2.26. The minimum Gasteiger partial charge on any atom is -0.361 e. The summed E-state index contributed by atoms with van der Waals surface area (Å²) < 4.78 is 16.1. The van der Waals surface area contributed by atoms with Crippen LogP contribution in [0.5, 0.6) is 0 Å². The molecule has 1 heterocycles. The molecule has 0 aromatic carbocycles. The number of rotatable bonds is 0. The molecule has 1 aromatic rings. The molecule has 52 valence electrons. The maximum atomic E-state index is 11.9. The third-order valence-corrected chi connectivity index (χ3v) is 0.691. The number of hydrogen-bond acceptors (Lipinski definition) is 2. The normalized spacial score (nSPS) is 8.00. The zero-order chi connectivity index (χ0) is 7.28. The fraction of sp³-hybridized carbons (Fsp3) is 0.500. The molecule has 3 heteroatoms. The van der Waals surface area contributed by atoms with E-state index in [0.717, 1.165) is 6.26 Å². The van der Waals surface area contributed by atoms with Crippen molar-refractivity contribution in [3.8, 4) is 0 Å². The van der Waals surface area contributed by atoms with Crippen LogP contribution in [0.4, 0.5) is 4.39 Å². The van der Waals surface area contributed by atoms with Gasteiger partial charge in [-0.25, -0.2) is 4.39 Å². The highest BCUT2D eigenvalue weighted by Crippen LogP contribution is 1.98. The Morgan fingerprint density at radius 3 is 2.22 bits per heavy atom. The smallest absolute Gasteiger partial charge is 0.185 e. The minimum atomic E-state index is -0.389. The molecule has 0 radical (unpaired) electrons. The molecule has 0 spiro atoms. The van der Waals surface area contributed by atoms with Crippen molar-refractivity contribution in [2.24, 2.45) is 0 Å². The Morgan fingerprint density at radius 2 is 2.11 bits per heavy atom. The van der Waals surface area contributed by atoms with Crippen LogP contribution in [0, 0.1) is 12.7 Å². The predicted molar refractivity (Wildman–Crippen MR) is 32.5 cm³/mol. The van der Waals surface area contributed by atoms with Gasteiger partial charge >= 0.3 is 0 Å². The summed E-state index contributed by atoms with van der Waals surface area (Å²) in [4.78, 5) is 0. The van der Waals surface area contributed by atoms with Gasteiger partial charge in [-0.05, 0) is 6.92 Å². The Labute approximate surface area is 53.7 Å². The van der Waals surface area contributed by atoms with Crippen LogP contribution < -0.4 is 0 Å². The van der Waals surface area contributed by atoms with Crippen LogP contribution >= 0.6 is 0 Å². The van der Waals surface area contributed by atoms with Gasteiger partial charge in [-0.15, -0.1) is 0 Å². The topological polar surface area (TPSA) is 26.0 Å². The Bertz CT molecular complexity index is 145. The minimum absolute atomic E-state index is 0.306. The number of halogens is 1. The van der Waals surface area contributed by atoms with Crippen LogP contribution in [0.15, 0.2) is 10.8 Å². The zero-order valence-electron chi connectivity index (χ0n) is 5.81. The first kappa shape index (κ1) is 8.14. The zero-order valence-corrected chi connectivity index (χ0v) is 5.81. The SMILES string of the molecule is CC.Cc1nocc1F. The number of aromatic nitrogens is 1. The van der Waals surface area contributed by atoms with E-state index in [9.17, 15) is 4.39 Å². The summed E-state index contributed by atoms with van der Waals surface area (Å²) in [6, 6.07) is 0. The second-order valence-corrected chi connectivity index (χ2v) is 1.25. The highest BCUT2D eigenvalue weighted by Gasteiger charge is 1.96. The lowest BCUT2D eigenvalue weighted by atomic mass is 10.5. The van der Waals surface area contributed by atoms with Crippen molar-refractivity contribution in [1.82, 2.24) is 5.16 Å². The van der Waals surface area contributed by atoms with E-state index in [2.05, 4.69) is 9.68 Å². The van der Waals surface area contributed by atoms with E-state index < -0.39 is 0 Å². The van der Waals surface area contributed by atoms with Crippen LogP contribution in [-0.2, 0) is 0 Å². The molecule has 1 rings (SSSR count). The standard InChI is InChI=1S/C4H4FNO.C2H6/c1-3-4(5)2-7-6-3;1-2/h2H,1H3;1-2H3. The van der Waals surface area contributed by atoms with Gasteiger partial charge in [-0.1, -0.05) is 19.0 Å². The molecule has 9 heavy (non-hydrogen) atoms. The molecule has 0 amide bonds. The van der Waals surface area contributed by atoms with Gasteiger partial charge in [0, 0.05) is 0 Å². The number of hydrogen-bond donors (Lipinski definition) is 0. The lowest BCUT2D eigenvalue weighted by Crippen LogP contribution is -1.70. The van der Waals surface area contributed by atoms with Gasteiger partial charge in [0.15, 0.2) is 12.1 Å². The van der Waals surface area contributed by atoms with Gasteiger partial charge in [0.1, 0.15) is 5.69 Å². The van der Waals surface area contributed by atoms with Crippen molar-refractivity contribution < 1.29 is 8.91 Å². The molecule has 0 bridgehead atoms. The molecule has 1 aromatic heterocycles. The van der Waals surface area contributed by atoms with Crippen LogP contribution in [0.3, 0.4) is 0 Å². The van der Waals surface area contributed by atoms with Gasteiger partial charge < -0.3 is 4.52 Å². The molecule has 0 fully saturated rings. The molecule has 2 nitrogen and oxygen atoms in total. The van der Waals surface area contributed by atoms with Gasteiger partial charge in [-0.2, -0.15) is 0 Å². The molecular formula is C6H10FNO. The predicted octanol–water partition coefficient (Wildman–Crippen LogP) is 2.15. The summed E-state index contributed by atoms with van der Waals surface area (Å²) in [7, 11) is 0. The Kier molecular flexibility index (Phi) is 3.67. The molecular weight excluding hydrogens is 121 g/mol. The Hall–Kier alpha value is -0.860. The van der Waals surface area contributed by atoms with Crippen molar-refractivity contribution in [2.45, 2.75) is 20.8 Å². The molecule has 0 saturated heterocycles. The van der Waals surface area contributed by atoms with Crippen molar-refractivity contribution in [2.75, 3.05) is 0 Å². The fourth-order valence-corrected chi connectivity index (χ4v) is 0.281. The van der Waals surface area contributed by atoms with Crippen molar-refractivity contribution in [1.29, 1.82) is 0 Å². The summed E-state index contributed by atoms with van der Waals surface area (Å²) >= 11 is 0. The average Bonchev–Trinajstić information content (AvgIpc) is 2.23. The maximum absolute atomic E-state index is 11.9. The van der Waals surface area contributed by atoms with E-state index in [-0.39, 0.29) is 5.82 Å². The first-order valence-corrected chi connectivity index (χ1v) is 2.87. The summed E-state index contributed by atoms with van der Waals surface area (Å²) in [5, 5.41) is 3.27. The van der Waals surface area contributed by atoms with Crippen LogP contribution in [0.1, 0.15) is 19.5 Å².